The number of amides is 1. The van der Waals surface area contributed by atoms with Crippen molar-refractivity contribution in [2.75, 3.05) is 26.0 Å². The molecule has 1 aromatic carbocycles. The van der Waals surface area contributed by atoms with E-state index >= 15 is 0 Å². The SMILES string of the molecule is CN(C)S(=O)(=O)c1cccc(C(=O)OCC(=O)Nc2cccnc2Cl)c1. The van der Waals surface area contributed by atoms with Gasteiger partial charge in [0.15, 0.2) is 11.8 Å². The van der Waals surface area contributed by atoms with Crippen molar-refractivity contribution in [3.8, 4) is 0 Å². The summed E-state index contributed by atoms with van der Waals surface area (Å²) in [4.78, 5) is 27.7. The maximum atomic E-state index is 12.1. The Morgan fingerprint density at radius 2 is 1.96 bits per heavy atom. The number of rotatable bonds is 6. The van der Waals surface area contributed by atoms with Gasteiger partial charge >= 0.3 is 5.97 Å². The van der Waals surface area contributed by atoms with Crippen LogP contribution in [-0.4, -0.2) is 50.3 Å². The minimum absolute atomic E-state index is 0.0140. The highest BCUT2D eigenvalue weighted by molar-refractivity contribution is 7.89. The van der Waals surface area contributed by atoms with Crippen LogP contribution in [0.5, 0.6) is 0 Å². The molecule has 0 radical (unpaired) electrons. The fraction of sp³-hybridized carbons (Fsp3) is 0.188. The first-order valence-electron chi connectivity index (χ1n) is 7.32. The van der Waals surface area contributed by atoms with Crippen LogP contribution in [0, 0.1) is 0 Å². The standard InChI is InChI=1S/C16H16ClN3O5S/c1-20(2)26(23,24)12-6-3-5-11(9-12)16(22)25-10-14(21)19-13-7-4-8-18-15(13)17/h3-9H,10H2,1-2H3,(H,19,21). The van der Waals surface area contributed by atoms with E-state index in [1.807, 2.05) is 0 Å². The van der Waals surface area contributed by atoms with Crippen LogP contribution in [0.1, 0.15) is 10.4 Å². The second-order valence-electron chi connectivity index (χ2n) is 5.28. The second kappa shape index (κ2) is 8.26. The lowest BCUT2D eigenvalue weighted by Gasteiger charge is -2.12. The topological polar surface area (TPSA) is 106 Å². The monoisotopic (exact) mass is 397 g/mol. The van der Waals surface area contributed by atoms with Gasteiger partial charge in [-0.1, -0.05) is 17.7 Å². The largest absolute Gasteiger partial charge is 0.452 e. The van der Waals surface area contributed by atoms with Gasteiger partial charge in [0.2, 0.25) is 10.0 Å². The first-order valence-corrected chi connectivity index (χ1v) is 9.13. The van der Waals surface area contributed by atoms with Gasteiger partial charge in [-0.05, 0) is 30.3 Å². The normalized spacial score (nSPS) is 11.2. The van der Waals surface area contributed by atoms with E-state index in [-0.39, 0.29) is 21.3 Å². The third-order valence-electron chi connectivity index (χ3n) is 3.22. The van der Waals surface area contributed by atoms with Crippen LogP contribution in [0.2, 0.25) is 5.15 Å². The van der Waals surface area contributed by atoms with Gasteiger partial charge in [0.25, 0.3) is 5.91 Å². The fourth-order valence-corrected chi connectivity index (χ4v) is 2.99. The zero-order valence-corrected chi connectivity index (χ0v) is 15.5. The molecule has 10 heteroatoms. The molecule has 0 aliphatic carbocycles. The lowest BCUT2D eigenvalue weighted by Crippen LogP contribution is -2.23. The third kappa shape index (κ3) is 4.78. The number of hydrogen-bond donors (Lipinski definition) is 1. The number of anilines is 1. The highest BCUT2D eigenvalue weighted by atomic mass is 35.5. The molecule has 0 aliphatic heterocycles. The number of benzene rings is 1. The van der Waals surface area contributed by atoms with Crippen LogP contribution in [-0.2, 0) is 19.6 Å². The van der Waals surface area contributed by atoms with Crippen molar-refractivity contribution in [1.82, 2.24) is 9.29 Å². The number of esters is 1. The molecule has 8 nitrogen and oxygen atoms in total. The predicted molar refractivity (Wildman–Crippen MR) is 95.5 cm³/mol. The number of aromatic nitrogens is 1. The van der Waals surface area contributed by atoms with Gasteiger partial charge in [-0.2, -0.15) is 0 Å². The number of hydrogen-bond acceptors (Lipinski definition) is 6. The lowest BCUT2D eigenvalue weighted by atomic mass is 10.2. The molecule has 138 valence electrons. The van der Waals surface area contributed by atoms with Crippen LogP contribution in [0.3, 0.4) is 0 Å². The van der Waals surface area contributed by atoms with Crippen LogP contribution in [0.25, 0.3) is 0 Å². The minimum Gasteiger partial charge on any atom is -0.452 e. The molecule has 1 heterocycles. The Kier molecular flexibility index (Phi) is 6.30. The van der Waals surface area contributed by atoms with Crippen molar-refractivity contribution in [3.05, 3.63) is 53.3 Å². The highest BCUT2D eigenvalue weighted by Gasteiger charge is 2.19. The van der Waals surface area contributed by atoms with Gasteiger partial charge in [0.05, 0.1) is 16.1 Å². The molecule has 0 fully saturated rings. The Labute approximate surface area is 155 Å². The summed E-state index contributed by atoms with van der Waals surface area (Å²) >= 11 is 5.82. The van der Waals surface area contributed by atoms with E-state index in [4.69, 9.17) is 16.3 Å². The Morgan fingerprint density at radius 3 is 2.62 bits per heavy atom. The Balaban J connectivity index is 2.02. The lowest BCUT2D eigenvalue weighted by molar-refractivity contribution is -0.119. The Hall–Kier alpha value is -2.49. The van der Waals surface area contributed by atoms with Gasteiger partial charge in [0.1, 0.15) is 0 Å². The van der Waals surface area contributed by atoms with Gasteiger partial charge in [-0.25, -0.2) is 22.5 Å². The van der Waals surface area contributed by atoms with Crippen molar-refractivity contribution in [2.24, 2.45) is 0 Å². The van der Waals surface area contributed by atoms with E-state index < -0.39 is 28.5 Å². The predicted octanol–water partition coefficient (Wildman–Crippen LogP) is 1.78. The number of ether oxygens (including phenoxy) is 1. The van der Waals surface area contributed by atoms with Gasteiger partial charge < -0.3 is 10.1 Å². The van der Waals surface area contributed by atoms with Crippen molar-refractivity contribution in [2.45, 2.75) is 4.90 Å². The van der Waals surface area contributed by atoms with Crippen molar-refractivity contribution in [1.29, 1.82) is 0 Å². The molecular weight excluding hydrogens is 382 g/mol. The van der Waals surface area contributed by atoms with E-state index in [0.29, 0.717) is 0 Å². The van der Waals surface area contributed by atoms with E-state index in [2.05, 4.69) is 10.3 Å². The molecule has 0 saturated heterocycles. The number of carbonyl (C=O) groups excluding carboxylic acids is 2. The Bertz CT molecular complexity index is 931. The first-order chi connectivity index (χ1) is 12.2. The molecule has 2 aromatic rings. The summed E-state index contributed by atoms with van der Waals surface area (Å²) in [5, 5.41) is 2.56. The number of halogens is 1. The van der Waals surface area contributed by atoms with Crippen LogP contribution in [0.15, 0.2) is 47.5 Å². The summed E-state index contributed by atoms with van der Waals surface area (Å²) in [5.41, 5.74) is 0.300. The molecule has 0 spiro atoms. The van der Waals surface area contributed by atoms with Crippen molar-refractivity contribution >= 4 is 39.2 Å². The van der Waals surface area contributed by atoms with Crippen molar-refractivity contribution < 1.29 is 22.7 Å². The zero-order chi connectivity index (χ0) is 19.3. The second-order valence-corrected chi connectivity index (χ2v) is 7.79. The van der Waals surface area contributed by atoms with E-state index in [1.165, 1.54) is 44.6 Å². The first kappa shape index (κ1) is 19.8. The number of nitrogens with zero attached hydrogens (tertiary/aromatic N) is 2. The van der Waals surface area contributed by atoms with E-state index in [0.717, 1.165) is 4.31 Å². The maximum Gasteiger partial charge on any atom is 0.338 e. The fourth-order valence-electron chi connectivity index (χ4n) is 1.87. The molecule has 2 rings (SSSR count). The average Bonchev–Trinajstić information content (AvgIpc) is 2.61. The molecule has 1 N–H and O–H groups in total. The number of sulfonamides is 1. The van der Waals surface area contributed by atoms with Gasteiger partial charge in [-0.3, -0.25) is 4.79 Å². The smallest absolute Gasteiger partial charge is 0.338 e. The third-order valence-corrected chi connectivity index (χ3v) is 5.33. The summed E-state index contributed by atoms with van der Waals surface area (Å²) < 4.78 is 30.1. The number of pyridine rings is 1. The number of nitrogens with one attached hydrogen (secondary N) is 1. The van der Waals surface area contributed by atoms with Crippen LogP contribution in [0.4, 0.5) is 5.69 Å². The quantitative estimate of drug-likeness (QED) is 0.588. The summed E-state index contributed by atoms with van der Waals surface area (Å²) in [6.45, 7) is -0.561. The minimum atomic E-state index is -3.68. The van der Waals surface area contributed by atoms with Gasteiger partial charge in [0, 0.05) is 20.3 Å². The van der Waals surface area contributed by atoms with Crippen molar-refractivity contribution in [3.63, 3.8) is 0 Å². The maximum absolute atomic E-state index is 12.1. The summed E-state index contributed by atoms with van der Waals surface area (Å²) in [5.74, 6) is -1.43. The Morgan fingerprint density at radius 1 is 1.23 bits per heavy atom. The molecule has 0 unspecified atom stereocenters. The highest BCUT2D eigenvalue weighted by Crippen LogP contribution is 2.18. The number of carbonyl (C=O) groups is 2. The summed E-state index contributed by atoms with van der Waals surface area (Å²) in [7, 11) is -0.919. The molecule has 0 saturated carbocycles. The van der Waals surface area contributed by atoms with Crippen LogP contribution >= 0.6 is 11.6 Å². The van der Waals surface area contributed by atoms with E-state index in [1.54, 1.807) is 12.1 Å². The molecule has 1 amide bonds. The molecular formula is C16H16ClN3O5S. The summed E-state index contributed by atoms with van der Waals surface area (Å²) in [6, 6.07) is 8.50. The molecule has 1 aromatic heterocycles. The average molecular weight is 398 g/mol. The van der Waals surface area contributed by atoms with E-state index in [9.17, 15) is 18.0 Å². The molecule has 26 heavy (non-hydrogen) atoms. The van der Waals surface area contributed by atoms with Gasteiger partial charge in [-0.15, -0.1) is 0 Å². The van der Waals surface area contributed by atoms with Crippen LogP contribution < -0.4 is 5.32 Å². The molecule has 0 atom stereocenters. The zero-order valence-electron chi connectivity index (χ0n) is 14.0. The molecule has 0 aliphatic rings. The molecule has 0 bridgehead atoms. The summed E-state index contributed by atoms with van der Waals surface area (Å²) in [6.07, 6.45) is 1.47.